The number of benzene rings is 1. The molecule has 2 aliphatic heterocycles. The predicted molar refractivity (Wildman–Crippen MR) is 99.6 cm³/mol. The van der Waals surface area contributed by atoms with E-state index in [0.717, 1.165) is 29.9 Å². The highest BCUT2D eigenvalue weighted by Gasteiger charge is 2.37. The van der Waals surface area contributed by atoms with Gasteiger partial charge in [-0.1, -0.05) is 32.0 Å². The summed E-state index contributed by atoms with van der Waals surface area (Å²) in [5.74, 6) is 1.37. The minimum atomic E-state index is -3.45. The maximum Gasteiger partial charge on any atom is 0.282 e. The molecule has 0 unspecified atom stereocenters. The summed E-state index contributed by atoms with van der Waals surface area (Å²) in [4.78, 5) is 4.56. The van der Waals surface area contributed by atoms with Crippen LogP contribution in [0.1, 0.15) is 38.1 Å². The van der Waals surface area contributed by atoms with Gasteiger partial charge in [0.25, 0.3) is 10.2 Å². The first-order valence-electron chi connectivity index (χ1n) is 9.14. The first-order valence-corrected chi connectivity index (χ1v) is 10.5. The molecular weight excluding hydrogens is 350 g/mol. The average Bonchev–Trinajstić information content (AvgIpc) is 3.05. The van der Waals surface area contributed by atoms with E-state index in [4.69, 9.17) is 4.42 Å². The third-order valence-electron chi connectivity index (χ3n) is 5.44. The van der Waals surface area contributed by atoms with Crippen molar-refractivity contribution in [1.82, 2.24) is 13.6 Å². The highest BCUT2D eigenvalue weighted by molar-refractivity contribution is 7.86. The smallest absolute Gasteiger partial charge is 0.282 e. The molecule has 6 nitrogen and oxygen atoms in total. The van der Waals surface area contributed by atoms with E-state index in [-0.39, 0.29) is 12.0 Å². The molecular formula is C19H25N3O3S. The minimum Gasteiger partial charge on any atom is -0.441 e. The normalized spacial score (nSPS) is 21.5. The monoisotopic (exact) mass is 375 g/mol. The Morgan fingerprint density at radius 3 is 2.42 bits per heavy atom. The second kappa shape index (κ2) is 6.48. The molecule has 1 aromatic heterocycles. The number of hydrogen-bond acceptors (Lipinski definition) is 4. The van der Waals surface area contributed by atoms with Crippen LogP contribution in [0.3, 0.4) is 0 Å². The molecule has 0 amide bonds. The lowest BCUT2D eigenvalue weighted by Gasteiger charge is -2.38. The van der Waals surface area contributed by atoms with Gasteiger partial charge in [0, 0.05) is 31.6 Å². The summed E-state index contributed by atoms with van der Waals surface area (Å²) < 4.78 is 35.1. The van der Waals surface area contributed by atoms with Crippen LogP contribution in [0.4, 0.5) is 0 Å². The summed E-state index contributed by atoms with van der Waals surface area (Å²) in [7, 11) is -3.45. The van der Waals surface area contributed by atoms with Crippen molar-refractivity contribution in [3.63, 3.8) is 0 Å². The van der Waals surface area contributed by atoms with Crippen LogP contribution in [0.5, 0.6) is 0 Å². The van der Waals surface area contributed by atoms with Crippen molar-refractivity contribution < 1.29 is 12.8 Å². The number of piperidine rings is 1. The third kappa shape index (κ3) is 3.31. The third-order valence-corrected chi connectivity index (χ3v) is 7.42. The molecule has 0 aliphatic carbocycles. The Labute approximate surface area is 155 Å². The van der Waals surface area contributed by atoms with E-state index in [1.165, 1.54) is 0 Å². The Bertz CT molecular complexity index is 880. The molecule has 1 saturated heterocycles. The lowest BCUT2D eigenvalue weighted by atomic mass is 9.83. The summed E-state index contributed by atoms with van der Waals surface area (Å²) in [6.45, 7) is 6.31. The van der Waals surface area contributed by atoms with E-state index >= 15 is 0 Å². The van der Waals surface area contributed by atoms with Gasteiger partial charge < -0.3 is 4.42 Å². The molecule has 2 aromatic rings. The van der Waals surface area contributed by atoms with Crippen molar-refractivity contribution in [2.24, 2.45) is 5.41 Å². The summed E-state index contributed by atoms with van der Waals surface area (Å²) in [6.07, 6.45) is 2.36. The molecule has 0 N–H and O–H groups in total. The number of nitrogens with zero attached hydrogens (tertiary/aromatic N) is 3. The van der Waals surface area contributed by atoms with E-state index < -0.39 is 10.2 Å². The highest BCUT2D eigenvalue weighted by atomic mass is 32.2. The van der Waals surface area contributed by atoms with Crippen LogP contribution < -0.4 is 0 Å². The lowest BCUT2D eigenvalue weighted by molar-refractivity contribution is 0.185. The van der Waals surface area contributed by atoms with Gasteiger partial charge in [0.1, 0.15) is 5.76 Å². The van der Waals surface area contributed by atoms with Crippen molar-refractivity contribution in [3.05, 3.63) is 41.8 Å². The Morgan fingerprint density at radius 2 is 1.73 bits per heavy atom. The Kier molecular flexibility index (Phi) is 4.41. The van der Waals surface area contributed by atoms with Gasteiger partial charge in [0.15, 0.2) is 0 Å². The van der Waals surface area contributed by atoms with Crippen LogP contribution in [0.2, 0.25) is 0 Å². The van der Waals surface area contributed by atoms with E-state index in [2.05, 4.69) is 18.8 Å². The molecule has 3 heterocycles. The molecule has 0 atom stereocenters. The van der Waals surface area contributed by atoms with Crippen molar-refractivity contribution >= 4 is 10.2 Å². The number of rotatable bonds is 3. The molecule has 0 saturated carbocycles. The standard InChI is InChI=1S/C19H25N3O3S/c1-19(2)9-12-21(13-10-19)26(23,24)22-11-8-17-16(14-22)20-18(25-17)15-6-4-3-5-7-15/h3-7H,8-14H2,1-2H3. The van der Waals surface area contributed by atoms with Crippen LogP contribution in [-0.2, 0) is 23.2 Å². The second-order valence-corrected chi connectivity index (χ2v) is 9.84. The largest absolute Gasteiger partial charge is 0.441 e. The predicted octanol–water partition coefficient (Wildman–Crippen LogP) is 3.07. The van der Waals surface area contributed by atoms with E-state index in [1.54, 1.807) is 8.61 Å². The van der Waals surface area contributed by atoms with E-state index in [0.29, 0.717) is 31.9 Å². The Hall–Kier alpha value is -1.70. The fraction of sp³-hybridized carbons (Fsp3) is 0.526. The van der Waals surface area contributed by atoms with Crippen LogP contribution >= 0.6 is 0 Å². The summed E-state index contributed by atoms with van der Waals surface area (Å²) in [5, 5.41) is 0. The van der Waals surface area contributed by atoms with Crippen molar-refractivity contribution in [2.75, 3.05) is 19.6 Å². The van der Waals surface area contributed by atoms with Crippen molar-refractivity contribution in [3.8, 4) is 11.5 Å². The van der Waals surface area contributed by atoms with Gasteiger partial charge >= 0.3 is 0 Å². The molecule has 0 radical (unpaired) electrons. The van der Waals surface area contributed by atoms with Crippen LogP contribution in [-0.4, -0.2) is 41.6 Å². The molecule has 2 aliphatic rings. The van der Waals surface area contributed by atoms with Crippen LogP contribution in [0, 0.1) is 5.41 Å². The van der Waals surface area contributed by atoms with Gasteiger partial charge in [-0.15, -0.1) is 0 Å². The maximum absolute atomic E-state index is 13.0. The van der Waals surface area contributed by atoms with Gasteiger partial charge in [0.2, 0.25) is 5.89 Å². The molecule has 0 spiro atoms. The van der Waals surface area contributed by atoms with E-state index in [9.17, 15) is 8.42 Å². The molecule has 0 bridgehead atoms. The fourth-order valence-electron chi connectivity index (χ4n) is 3.56. The van der Waals surface area contributed by atoms with Crippen molar-refractivity contribution in [2.45, 2.75) is 39.7 Å². The zero-order valence-electron chi connectivity index (χ0n) is 15.3. The average molecular weight is 375 g/mol. The zero-order chi connectivity index (χ0) is 18.4. The highest BCUT2D eigenvalue weighted by Crippen LogP contribution is 2.33. The topological polar surface area (TPSA) is 66.7 Å². The molecule has 7 heteroatoms. The number of hydrogen-bond donors (Lipinski definition) is 0. The summed E-state index contributed by atoms with van der Waals surface area (Å²) >= 11 is 0. The van der Waals surface area contributed by atoms with Crippen molar-refractivity contribution in [1.29, 1.82) is 0 Å². The Morgan fingerprint density at radius 1 is 1.04 bits per heavy atom. The number of fused-ring (bicyclic) bond motifs is 1. The maximum atomic E-state index is 13.0. The number of oxazole rings is 1. The van der Waals surface area contributed by atoms with Gasteiger partial charge in [-0.2, -0.15) is 17.0 Å². The SMILES string of the molecule is CC1(C)CCN(S(=O)(=O)N2CCc3oc(-c4ccccc4)nc3C2)CC1. The van der Waals surface area contributed by atoms with Crippen LogP contribution in [0.15, 0.2) is 34.7 Å². The summed E-state index contributed by atoms with van der Waals surface area (Å²) in [6, 6.07) is 9.71. The first kappa shape index (κ1) is 17.7. The van der Waals surface area contributed by atoms with Gasteiger partial charge in [-0.05, 0) is 30.4 Å². The molecule has 26 heavy (non-hydrogen) atoms. The van der Waals surface area contributed by atoms with Crippen LogP contribution in [0.25, 0.3) is 11.5 Å². The van der Waals surface area contributed by atoms with Gasteiger partial charge in [0.05, 0.1) is 12.2 Å². The Balaban J connectivity index is 1.52. The van der Waals surface area contributed by atoms with E-state index in [1.807, 2.05) is 30.3 Å². The van der Waals surface area contributed by atoms with Gasteiger partial charge in [-0.25, -0.2) is 4.98 Å². The first-order chi connectivity index (χ1) is 12.4. The molecule has 1 aromatic carbocycles. The molecule has 4 rings (SSSR count). The molecule has 140 valence electrons. The summed E-state index contributed by atoms with van der Waals surface area (Å²) in [5.41, 5.74) is 1.86. The molecule has 1 fully saturated rings. The second-order valence-electron chi connectivity index (χ2n) is 7.91. The number of aromatic nitrogens is 1. The zero-order valence-corrected chi connectivity index (χ0v) is 16.1. The fourth-order valence-corrected chi connectivity index (χ4v) is 5.14. The van der Waals surface area contributed by atoms with Gasteiger partial charge in [-0.3, -0.25) is 0 Å². The minimum absolute atomic E-state index is 0.220. The lowest BCUT2D eigenvalue weighted by Crippen LogP contribution is -2.49. The quantitative estimate of drug-likeness (QED) is 0.827.